The summed E-state index contributed by atoms with van der Waals surface area (Å²) in [5.41, 5.74) is 0. The van der Waals surface area contributed by atoms with E-state index in [1.165, 1.54) is 12.8 Å². The van der Waals surface area contributed by atoms with Crippen LogP contribution in [0.25, 0.3) is 0 Å². The van der Waals surface area contributed by atoms with Crippen molar-refractivity contribution in [1.82, 2.24) is 19.6 Å². The van der Waals surface area contributed by atoms with Gasteiger partial charge in [0.1, 0.15) is 0 Å². The van der Waals surface area contributed by atoms with Crippen molar-refractivity contribution in [3.63, 3.8) is 0 Å². The molecular formula is C12H22N4O2S. The maximum absolute atomic E-state index is 11.9. The monoisotopic (exact) mass is 286 g/mol. The molecule has 1 aromatic heterocycles. The lowest BCUT2D eigenvalue weighted by atomic mass is 10.4. The molecule has 7 heteroatoms. The molecule has 1 unspecified atom stereocenters. The van der Waals surface area contributed by atoms with Crippen LogP contribution < -0.4 is 10.0 Å². The van der Waals surface area contributed by atoms with E-state index in [4.69, 9.17) is 0 Å². The highest BCUT2D eigenvalue weighted by Crippen LogP contribution is 2.18. The van der Waals surface area contributed by atoms with Crippen molar-refractivity contribution in [2.75, 3.05) is 12.3 Å². The average Bonchev–Trinajstić information content (AvgIpc) is 3.01. The Labute approximate surface area is 114 Å². The molecule has 0 radical (unpaired) electrons. The van der Waals surface area contributed by atoms with Gasteiger partial charge in [-0.25, -0.2) is 18.1 Å². The molecule has 1 aliphatic carbocycles. The average molecular weight is 286 g/mol. The first kappa shape index (κ1) is 14.5. The second-order valence-corrected chi connectivity index (χ2v) is 7.05. The van der Waals surface area contributed by atoms with Crippen LogP contribution in [0.3, 0.4) is 0 Å². The lowest BCUT2D eigenvalue weighted by molar-refractivity contribution is 0.518. The second kappa shape index (κ2) is 6.49. The molecule has 1 saturated carbocycles. The molecule has 1 heterocycles. The second-order valence-electron chi connectivity index (χ2n) is 5.18. The number of nitrogens with one attached hydrogen (secondary N) is 2. The quantitative estimate of drug-likeness (QED) is 0.642. The Morgan fingerprint density at radius 1 is 1.47 bits per heavy atom. The number of sulfonamides is 1. The van der Waals surface area contributed by atoms with Crippen molar-refractivity contribution in [3.05, 3.63) is 18.7 Å². The van der Waals surface area contributed by atoms with Crippen LogP contribution in [-0.4, -0.2) is 42.4 Å². The van der Waals surface area contributed by atoms with Gasteiger partial charge in [-0.2, -0.15) is 0 Å². The highest BCUT2D eigenvalue weighted by atomic mass is 32.2. The van der Waals surface area contributed by atoms with Gasteiger partial charge in [0.15, 0.2) is 0 Å². The summed E-state index contributed by atoms with van der Waals surface area (Å²) in [5.74, 6) is 0.182. The highest BCUT2D eigenvalue weighted by molar-refractivity contribution is 7.89. The molecule has 0 saturated heterocycles. The van der Waals surface area contributed by atoms with Crippen LogP contribution in [0.4, 0.5) is 0 Å². The summed E-state index contributed by atoms with van der Waals surface area (Å²) in [4.78, 5) is 3.93. The smallest absolute Gasteiger partial charge is 0.211 e. The zero-order chi connectivity index (χ0) is 13.7. The van der Waals surface area contributed by atoms with Crippen molar-refractivity contribution in [1.29, 1.82) is 0 Å². The van der Waals surface area contributed by atoms with E-state index in [9.17, 15) is 8.42 Å². The number of aromatic nitrogens is 2. The SMILES string of the molecule is CC(Cn1ccnc1)NS(=O)(=O)CCCNC1CC1. The molecule has 19 heavy (non-hydrogen) atoms. The topological polar surface area (TPSA) is 76.0 Å². The molecular weight excluding hydrogens is 264 g/mol. The maximum Gasteiger partial charge on any atom is 0.211 e. The third-order valence-electron chi connectivity index (χ3n) is 3.02. The number of hydrogen-bond acceptors (Lipinski definition) is 4. The number of nitrogens with zero attached hydrogens (tertiary/aromatic N) is 2. The van der Waals surface area contributed by atoms with E-state index in [0.29, 0.717) is 19.0 Å². The zero-order valence-electron chi connectivity index (χ0n) is 11.2. The normalized spacial score (nSPS) is 17.5. The van der Waals surface area contributed by atoms with E-state index >= 15 is 0 Å². The molecule has 1 fully saturated rings. The Bertz CT molecular complexity index is 468. The molecule has 6 nitrogen and oxygen atoms in total. The van der Waals surface area contributed by atoms with Crippen LogP contribution in [0, 0.1) is 0 Å². The molecule has 108 valence electrons. The Morgan fingerprint density at radius 3 is 2.89 bits per heavy atom. The van der Waals surface area contributed by atoms with Gasteiger partial charge in [0, 0.05) is 31.0 Å². The first-order chi connectivity index (χ1) is 9.05. The zero-order valence-corrected chi connectivity index (χ0v) is 12.1. The fourth-order valence-electron chi connectivity index (χ4n) is 1.97. The van der Waals surface area contributed by atoms with Crippen molar-refractivity contribution < 1.29 is 8.42 Å². The van der Waals surface area contributed by atoms with Gasteiger partial charge in [-0.3, -0.25) is 0 Å². The third-order valence-corrected chi connectivity index (χ3v) is 4.61. The minimum absolute atomic E-state index is 0.129. The molecule has 2 rings (SSSR count). The Hall–Kier alpha value is -0.920. The predicted octanol–water partition coefficient (Wildman–Crippen LogP) is 0.333. The molecule has 2 N–H and O–H groups in total. The van der Waals surface area contributed by atoms with E-state index in [1.807, 2.05) is 17.7 Å². The molecule has 1 aliphatic rings. The lowest BCUT2D eigenvalue weighted by Crippen LogP contribution is -2.37. The van der Waals surface area contributed by atoms with Crippen molar-refractivity contribution >= 4 is 10.0 Å². The van der Waals surface area contributed by atoms with Gasteiger partial charge in [0.05, 0.1) is 12.1 Å². The van der Waals surface area contributed by atoms with Gasteiger partial charge in [-0.15, -0.1) is 0 Å². The van der Waals surface area contributed by atoms with Gasteiger partial charge in [-0.05, 0) is 32.7 Å². The summed E-state index contributed by atoms with van der Waals surface area (Å²) in [5, 5.41) is 3.31. The van der Waals surface area contributed by atoms with Crippen LogP contribution >= 0.6 is 0 Å². The third kappa shape index (κ3) is 5.71. The Kier molecular flexibility index (Phi) is 4.95. The van der Waals surface area contributed by atoms with Crippen LogP contribution in [0.2, 0.25) is 0 Å². The fourth-order valence-corrected chi connectivity index (χ4v) is 3.30. The van der Waals surface area contributed by atoms with E-state index in [-0.39, 0.29) is 11.8 Å². The van der Waals surface area contributed by atoms with Crippen LogP contribution in [0.5, 0.6) is 0 Å². The molecule has 1 atom stereocenters. The number of imidazole rings is 1. The molecule has 0 spiro atoms. The summed E-state index contributed by atoms with van der Waals surface area (Å²) in [6.07, 6.45) is 8.31. The summed E-state index contributed by atoms with van der Waals surface area (Å²) in [6.45, 7) is 3.24. The minimum atomic E-state index is -3.19. The Morgan fingerprint density at radius 2 is 2.26 bits per heavy atom. The summed E-state index contributed by atoms with van der Waals surface area (Å²) in [7, 11) is -3.19. The van der Waals surface area contributed by atoms with Crippen LogP contribution in [0.15, 0.2) is 18.7 Å². The number of rotatable bonds is 9. The maximum atomic E-state index is 11.9. The fraction of sp³-hybridized carbons (Fsp3) is 0.750. The standard InChI is InChI=1S/C12H22N4O2S/c1-11(9-16-7-6-13-10-16)15-19(17,18)8-2-5-14-12-3-4-12/h6-7,10-12,14-15H,2-5,8-9H2,1H3. The Balaban J connectivity index is 1.66. The first-order valence-corrected chi connectivity index (χ1v) is 8.39. The van der Waals surface area contributed by atoms with E-state index in [0.717, 1.165) is 6.54 Å². The van der Waals surface area contributed by atoms with Crippen LogP contribution in [-0.2, 0) is 16.6 Å². The molecule has 1 aromatic rings. The molecule has 0 aromatic carbocycles. The van der Waals surface area contributed by atoms with Gasteiger partial charge >= 0.3 is 0 Å². The summed E-state index contributed by atoms with van der Waals surface area (Å²) >= 11 is 0. The summed E-state index contributed by atoms with van der Waals surface area (Å²) < 4.78 is 28.3. The minimum Gasteiger partial charge on any atom is -0.336 e. The predicted molar refractivity (Wildman–Crippen MR) is 74.3 cm³/mol. The van der Waals surface area contributed by atoms with Gasteiger partial charge in [-0.1, -0.05) is 0 Å². The van der Waals surface area contributed by atoms with Crippen molar-refractivity contribution in [3.8, 4) is 0 Å². The van der Waals surface area contributed by atoms with Gasteiger partial charge in [0.2, 0.25) is 10.0 Å². The van der Waals surface area contributed by atoms with E-state index in [1.54, 1.807) is 12.5 Å². The largest absolute Gasteiger partial charge is 0.336 e. The highest BCUT2D eigenvalue weighted by Gasteiger charge is 2.20. The van der Waals surface area contributed by atoms with Gasteiger partial charge < -0.3 is 9.88 Å². The first-order valence-electron chi connectivity index (χ1n) is 6.74. The number of hydrogen-bond donors (Lipinski definition) is 2. The van der Waals surface area contributed by atoms with E-state index < -0.39 is 10.0 Å². The van der Waals surface area contributed by atoms with Crippen molar-refractivity contribution in [2.24, 2.45) is 0 Å². The molecule has 0 aliphatic heterocycles. The van der Waals surface area contributed by atoms with E-state index in [2.05, 4.69) is 15.0 Å². The lowest BCUT2D eigenvalue weighted by Gasteiger charge is -2.14. The molecule has 0 bridgehead atoms. The van der Waals surface area contributed by atoms with Crippen molar-refractivity contribution in [2.45, 2.75) is 44.8 Å². The van der Waals surface area contributed by atoms with Gasteiger partial charge in [0.25, 0.3) is 0 Å². The van der Waals surface area contributed by atoms with Crippen LogP contribution in [0.1, 0.15) is 26.2 Å². The summed E-state index contributed by atoms with van der Waals surface area (Å²) in [6, 6.07) is 0.506. The molecule has 0 amide bonds.